The molecule has 0 radical (unpaired) electrons. The van der Waals surface area contributed by atoms with Crippen molar-refractivity contribution in [1.82, 2.24) is 20.1 Å². The van der Waals surface area contributed by atoms with Crippen molar-refractivity contribution in [3.8, 4) is 28.7 Å². The Balaban J connectivity index is 1.92. The second kappa shape index (κ2) is 10.3. The summed E-state index contributed by atoms with van der Waals surface area (Å²) in [6.45, 7) is 8.35. The van der Waals surface area contributed by atoms with Crippen LogP contribution in [0, 0.1) is 6.92 Å². The molecule has 0 aliphatic rings. The first-order valence-corrected chi connectivity index (χ1v) is 10.5. The maximum absolute atomic E-state index is 9.59. The van der Waals surface area contributed by atoms with Crippen LogP contribution in [-0.4, -0.2) is 56.2 Å². The number of hydrogen-bond donors (Lipinski definition) is 3. The molecule has 2 aromatic heterocycles. The number of nitrogens with zero attached hydrogens (tertiary/aromatic N) is 4. The van der Waals surface area contributed by atoms with E-state index in [1.807, 2.05) is 45.9 Å². The average Bonchev–Trinajstić information content (AvgIpc) is 3.28. The Kier molecular flexibility index (Phi) is 7.54. The number of rotatable bonds is 10. The molecule has 0 unspecified atom stereocenters. The molecule has 3 aromatic rings. The van der Waals surface area contributed by atoms with Gasteiger partial charge in [0.25, 0.3) is 5.89 Å². The Morgan fingerprint density at radius 1 is 1.10 bits per heavy atom. The summed E-state index contributed by atoms with van der Waals surface area (Å²) in [4.78, 5) is 13.5. The van der Waals surface area contributed by atoms with Crippen molar-refractivity contribution >= 4 is 5.95 Å². The number of anilines is 1. The number of aliphatic hydroxyl groups is 2. The van der Waals surface area contributed by atoms with Gasteiger partial charge < -0.3 is 24.8 Å². The second-order valence-corrected chi connectivity index (χ2v) is 7.16. The van der Waals surface area contributed by atoms with Crippen LogP contribution in [0.2, 0.25) is 0 Å². The lowest BCUT2D eigenvalue weighted by Gasteiger charge is -2.16. The summed E-state index contributed by atoms with van der Waals surface area (Å²) in [6, 6.07) is 5.71. The molecule has 0 fully saturated rings. The zero-order valence-corrected chi connectivity index (χ0v) is 18.3. The van der Waals surface area contributed by atoms with Crippen molar-refractivity contribution in [3.63, 3.8) is 0 Å². The van der Waals surface area contributed by atoms with Crippen LogP contribution in [0.25, 0.3) is 23.0 Å². The number of nitrogens with one attached hydrogen (secondary N) is 1. The highest BCUT2D eigenvalue weighted by Gasteiger charge is 2.17. The van der Waals surface area contributed by atoms with Gasteiger partial charge >= 0.3 is 0 Å². The van der Waals surface area contributed by atoms with Crippen molar-refractivity contribution in [2.75, 3.05) is 25.1 Å². The van der Waals surface area contributed by atoms with Gasteiger partial charge in [0.15, 0.2) is 0 Å². The highest BCUT2D eigenvalue weighted by Crippen LogP contribution is 2.31. The average molecular weight is 428 g/mol. The maximum Gasteiger partial charge on any atom is 0.277 e. The van der Waals surface area contributed by atoms with Crippen LogP contribution in [0.1, 0.15) is 37.6 Å². The summed E-state index contributed by atoms with van der Waals surface area (Å²) in [6.07, 6.45) is 0.568. The van der Waals surface area contributed by atoms with Gasteiger partial charge in [-0.1, -0.05) is 19.0 Å². The van der Waals surface area contributed by atoms with Gasteiger partial charge in [-0.2, -0.15) is 4.98 Å². The molecule has 1 atom stereocenters. The van der Waals surface area contributed by atoms with E-state index in [1.165, 1.54) is 0 Å². The van der Waals surface area contributed by atoms with Gasteiger partial charge in [-0.3, -0.25) is 0 Å². The first-order valence-electron chi connectivity index (χ1n) is 10.5. The first-order chi connectivity index (χ1) is 15.0. The van der Waals surface area contributed by atoms with E-state index in [-0.39, 0.29) is 13.2 Å². The summed E-state index contributed by atoms with van der Waals surface area (Å²) in [7, 11) is 0. The summed E-state index contributed by atoms with van der Waals surface area (Å²) in [5, 5.41) is 25.9. The van der Waals surface area contributed by atoms with E-state index in [0.717, 1.165) is 35.2 Å². The molecule has 9 heteroatoms. The van der Waals surface area contributed by atoms with E-state index < -0.39 is 6.10 Å². The molecule has 9 nitrogen and oxygen atoms in total. The van der Waals surface area contributed by atoms with Gasteiger partial charge in [-0.05, 0) is 56.0 Å². The van der Waals surface area contributed by atoms with Crippen LogP contribution in [0.4, 0.5) is 5.95 Å². The number of ether oxygens (including phenoxy) is 1. The Labute approximate surface area is 181 Å². The third-order valence-corrected chi connectivity index (χ3v) is 4.74. The lowest BCUT2D eigenvalue weighted by Crippen LogP contribution is -2.22. The normalized spacial score (nSPS) is 12.1. The standard InChI is InChI=1S/C22H29N5O4/c1-5-14-9-15(8-13(4)19(14)30-12-17(29)11-28)20-26-21(31-27-20)18-10-16(6-2)24-22(25-18)23-7-3/h8-10,17,28-29H,5-7,11-12H2,1-4H3,(H,23,24,25)/t17-/m1/s1. The molecule has 0 saturated heterocycles. The third-order valence-electron chi connectivity index (χ3n) is 4.74. The van der Waals surface area contributed by atoms with Gasteiger partial charge in [0.1, 0.15) is 24.2 Å². The molecule has 31 heavy (non-hydrogen) atoms. The number of benzene rings is 1. The van der Waals surface area contributed by atoms with Gasteiger partial charge in [0.2, 0.25) is 11.8 Å². The van der Waals surface area contributed by atoms with E-state index in [4.69, 9.17) is 14.4 Å². The van der Waals surface area contributed by atoms with Gasteiger partial charge in [0.05, 0.1) is 6.61 Å². The second-order valence-electron chi connectivity index (χ2n) is 7.16. The monoisotopic (exact) mass is 427 g/mol. The van der Waals surface area contributed by atoms with Gasteiger partial charge in [-0.15, -0.1) is 0 Å². The third kappa shape index (κ3) is 5.36. The zero-order valence-electron chi connectivity index (χ0n) is 18.3. The molecule has 3 N–H and O–H groups in total. The highest BCUT2D eigenvalue weighted by molar-refractivity contribution is 5.63. The topological polar surface area (TPSA) is 126 Å². The van der Waals surface area contributed by atoms with Crippen LogP contribution in [0.15, 0.2) is 22.7 Å². The quantitative estimate of drug-likeness (QED) is 0.447. The molecule has 3 rings (SSSR count). The molecule has 1 aromatic carbocycles. The Bertz CT molecular complexity index is 1020. The maximum atomic E-state index is 9.59. The van der Waals surface area contributed by atoms with Crippen LogP contribution < -0.4 is 10.1 Å². The zero-order chi connectivity index (χ0) is 22.4. The minimum Gasteiger partial charge on any atom is -0.490 e. The summed E-state index contributed by atoms with van der Waals surface area (Å²) in [5.74, 6) is 2.01. The minimum absolute atomic E-state index is 0.0254. The molecule has 0 spiro atoms. The summed E-state index contributed by atoms with van der Waals surface area (Å²) >= 11 is 0. The Morgan fingerprint density at radius 2 is 1.90 bits per heavy atom. The number of aliphatic hydroxyl groups excluding tert-OH is 2. The fourth-order valence-electron chi connectivity index (χ4n) is 3.15. The SMILES string of the molecule is CCNc1nc(CC)cc(-c2nc(-c3cc(C)c(OC[C@H](O)CO)c(CC)c3)no2)n1. The van der Waals surface area contributed by atoms with Crippen molar-refractivity contribution in [2.45, 2.75) is 46.6 Å². The van der Waals surface area contributed by atoms with E-state index in [9.17, 15) is 5.11 Å². The predicted molar refractivity (Wildman–Crippen MR) is 117 cm³/mol. The van der Waals surface area contributed by atoms with Crippen LogP contribution in [0.3, 0.4) is 0 Å². The van der Waals surface area contributed by atoms with E-state index in [1.54, 1.807) is 0 Å². The summed E-state index contributed by atoms with van der Waals surface area (Å²) in [5.41, 5.74) is 4.10. The molecule has 0 bridgehead atoms. The van der Waals surface area contributed by atoms with Crippen LogP contribution in [0.5, 0.6) is 5.75 Å². The number of aromatic nitrogens is 4. The van der Waals surface area contributed by atoms with Crippen molar-refractivity contribution < 1.29 is 19.5 Å². The van der Waals surface area contributed by atoms with Gasteiger partial charge in [-0.25, -0.2) is 9.97 Å². The van der Waals surface area contributed by atoms with E-state index in [2.05, 4.69) is 25.4 Å². The molecule has 0 amide bonds. The Morgan fingerprint density at radius 3 is 2.58 bits per heavy atom. The molecule has 0 aliphatic carbocycles. The number of aryl methyl sites for hydroxylation is 3. The molecular weight excluding hydrogens is 398 g/mol. The van der Waals surface area contributed by atoms with E-state index >= 15 is 0 Å². The largest absolute Gasteiger partial charge is 0.490 e. The van der Waals surface area contributed by atoms with Crippen LogP contribution >= 0.6 is 0 Å². The fraction of sp³-hybridized carbons (Fsp3) is 0.455. The van der Waals surface area contributed by atoms with Gasteiger partial charge in [0, 0.05) is 17.8 Å². The van der Waals surface area contributed by atoms with Crippen molar-refractivity contribution in [3.05, 3.63) is 35.0 Å². The molecule has 2 heterocycles. The Hall–Kier alpha value is -3.04. The molecular formula is C22H29N5O4. The highest BCUT2D eigenvalue weighted by atomic mass is 16.5. The lowest BCUT2D eigenvalue weighted by atomic mass is 10.0. The molecule has 0 aliphatic heterocycles. The molecule has 166 valence electrons. The predicted octanol–water partition coefficient (Wildman–Crippen LogP) is 2.79. The number of hydrogen-bond acceptors (Lipinski definition) is 9. The lowest BCUT2D eigenvalue weighted by molar-refractivity contribution is 0.0531. The smallest absolute Gasteiger partial charge is 0.277 e. The summed E-state index contributed by atoms with van der Waals surface area (Å²) < 4.78 is 11.2. The first kappa shape index (κ1) is 22.6. The van der Waals surface area contributed by atoms with Crippen molar-refractivity contribution in [2.24, 2.45) is 0 Å². The van der Waals surface area contributed by atoms with Crippen LogP contribution in [-0.2, 0) is 12.8 Å². The molecule has 0 saturated carbocycles. The van der Waals surface area contributed by atoms with E-state index in [0.29, 0.717) is 35.7 Å². The minimum atomic E-state index is -0.920. The van der Waals surface area contributed by atoms with Crippen molar-refractivity contribution in [1.29, 1.82) is 0 Å². The fourth-order valence-corrected chi connectivity index (χ4v) is 3.15.